The number of benzene rings is 1. The van der Waals surface area contributed by atoms with E-state index in [0.717, 1.165) is 40.3 Å². The standard InChI is InChI=1S/C19H25N3OS/c1-12-20-15-6-5-13(7-16(15)24-12)21-17(23)22-11-19(4)9-14(22)8-18(2,3)10-19/h5-7,14H,8-11H2,1-4H3,(H,21,23)/t14-,19-/m1/s1. The summed E-state index contributed by atoms with van der Waals surface area (Å²) < 4.78 is 1.12. The van der Waals surface area contributed by atoms with Crippen molar-refractivity contribution in [2.45, 2.75) is 53.0 Å². The smallest absolute Gasteiger partial charge is 0.321 e. The van der Waals surface area contributed by atoms with Crippen LogP contribution in [0, 0.1) is 17.8 Å². The molecule has 2 atom stereocenters. The largest absolute Gasteiger partial charge is 0.322 e. The number of hydrogen-bond acceptors (Lipinski definition) is 3. The monoisotopic (exact) mass is 343 g/mol. The molecule has 4 rings (SSSR count). The predicted octanol–water partition coefficient (Wildman–Crippen LogP) is 5.04. The minimum atomic E-state index is 0.0435. The van der Waals surface area contributed by atoms with E-state index in [2.05, 4.69) is 36.0 Å². The lowest BCUT2D eigenvalue weighted by atomic mass is 9.65. The molecule has 2 fully saturated rings. The van der Waals surface area contributed by atoms with E-state index in [1.807, 2.05) is 25.1 Å². The Morgan fingerprint density at radius 1 is 1.33 bits per heavy atom. The minimum absolute atomic E-state index is 0.0435. The van der Waals surface area contributed by atoms with Gasteiger partial charge in [0.25, 0.3) is 0 Å². The predicted molar refractivity (Wildman–Crippen MR) is 99.6 cm³/mol. The lowest BCUT2D eigenvalue weighted by Crippen LogP contribution is -2.40. The van der Waals surface area contributed by atoms with Gasteiger partial charge in [0.1, 0.15) is 0 Å². The SMILES string of the molecule is Cc1nc2ccc(NC(=O)N3C[C@]4(C)C[C@H]3CC(C)(C)C4)cc2s1. The number of carbonyl (C=O) groups is 1. The van der Waals surface area contributed by atoms with Gasteiger partial charge in [0.2, 0.25) is 0 Å². The lowest BCUT2D eigenvalue weighted by molar-refractivity contribution is 0.130. The Kier molecular flexibility index (Phi) is 3.43. The van der Waals surface area contributed by atoms with Crippen LogP contribution in [0.15, 0.2) is 18.2 Å². The zero-order chi connectivity index (χ0) is 17.1. The molecule has 1 aromatic heterocycles. The van der Waals surface area contributed by atoms with Gasteiger partial charge >= 0.3 is 6.03 Å². The maximum atomic E-state index is 12.9. The molecule has 1 aromatic carbocycles. The molecule has 24 heavy (non-hydrogen) atoms. The van der Waals surface area contributed by atoms with Gasteiger partial charge in [0, 0.05) is 18.3 Å². The van der Waals surface area contributed by atoms with Crippen molar-refractivity contribution in [1.29, 1.82) is 0 Å². The average molecular weight is 343 g/mol. The fourth-order valence-corrected chi connectivity index (χ4v) is 5.88. The number of nitrogens with one attached hydrogen (secondary N) is 1. The van der Waals surface area contributed by atoms with E-state index in [9.17, 15) is 4.79 Å². The molecule has 1 saturated carbocycles. The Labute approximate surface area is 147 Å². The average Bonchev–Trinajstić information content (AvgIpc) is 2.93. The number of rotatable bonds is 1. The molecule has 4 nitrogen and oxygen atoms in total. The second-order valence-electron chi connectivity index (χ2n) is 8.69. The maximum absolute atomic E-state index is 12.9. The molecule has 2 aromatic rings. The Bertz CT molecular complexity index is 812. The van der Waals surface area contributed by atoms with E-state index in [4.69, 9.17) is 0 Å². The number of aromatic nitrogens is 1. The highest BCUT2D eigenvalue weighted by atomic mass is 32.1. The summed E-state index contributed by atoms with van der Waals surface area (Å²) in [6.45, 7) is 9.88. The van der Waals surface area contributed by atoms with Crippen LogP contribution in [0.1, 0.15) is 45.0 Å². The van der Waals surface area contributed by atoms with Gasteiger partial charge in [-0.1, -0.05) is 20.8 Å². The van der Waals surface area contributed by atoms with E-state index in [1.54, 1.807) is 11.3 Å². The fraction of sp³-hybridized carbons (Fsp3) is 0.579. The van der Waals surface area contributed by atoms with E-state index in [0.29, 0.717) is 11.5 Å². The van der Waals surface area contributed by atoms with Crippen molar-refractivity contribution < 1.29 is 4.79 Å². The molecule has 0 spiro atoms. The summed E-state index contributed by atoms with van der Waals surface area (Å²) in [7, 11) is 0. The van der Waals surface area contributed by atoms with Gasteiger partial charge in [-0.05, 0) is 55.2 Å². The fourth-order valence-electron chi connectivity index (χ4n) is 5.01. The summed E-state index contributed by atoms with van der Waals surface area (Å²) in [5, 5.41) is 4.16. The molecule has 1 N–H and O–H groups in total. The highest BCUT2D eigenvalue weighted by Gasteiger charge is 2.50. The van der Waals surface area contributed by atoms with Gasteiger partial charge in [-0.2, -0.15) is 0 Å². The van der Waals surface area contributed by atoms with Crippen LogP contribution in [0.3, 0.4) is 0 Å². The van der Waals surface area contributed by atoms with Crippen molar-refractivity contribution in [3.63, 3.8) is 0 Å². The first-order valence-electron chi connectivity index (χ1n) is 8.68. The van der Waals surface area contributed by atoms with Crippen molar-refractivity contribution in [1.82, 2.24) is 9.88 Å². The number of amides is 2. The van der Waals surface area contributed by atoms with Crippen molar-refractivity contribution in [3.05, 3.63) is 23.2 Å². The van der Waals surface area contributed by atoms with Gasteiger partial charge in [-0.15, -0.1) is 11.3 Å². The molecule has 5 heteroatoms. The van der Waals surface area contributed by atoms with Crippen LogP contribution in [-0.2, 0) is 0 Å². The van der Waals surface area contributed by atoms with Crippen molar-refractivity contribution in [3.8, 4) is 0 Å². The molecule has 0 radical (unpaired) electrons. The molecule has 0 unspecified atom stereocenters. The van der Waals surface area contributed by atoms with Crippen LogP contribution >= 0.6 is 11.3 Å². The molecule has 1 aliphatic carbocycles. The van der Waals surface area contributed by atoms with Gasteiger partial charge in [-0.25, -0.2) is 9.78 Å². The quantitative estimate of drug-likeness (QED) is 0.788. The highest BCUT2D eigenvalue weighted by Crippen LogP contribution is 2.52. The van der Waals surface area contributed by atoms with Gasteiger partial charge in [0.15, 0.2) is 0 Å². The van der Waals surface area contributed by atoms with E-state index >= 15 is 0 Å². The summed E-state index contributed by atoms with van der Waals surface area (Å²) in [6, 6.07) is 6.38. The maximum Gasteiger partial charge on any atom is 0.322 e. The number of fused-ring (bicyclic) bond motifs is 3. The number of thiazole rings is 1. The molecule has 128 valence electrons. The minimum Gasteiger partial charge on any atom is -0.321 e. The van der Waals surface area contributed by atoms with Crippen LogP contribution in [-0.4, -0.2) is 28.5 Å². The first-order chi connectivity index (χ1) is 11.2. The van der Waals surface area contributed by atoms with Crippen LogP contribution < -0.4 is 5.32 Å². The molecule has 2 bridgehead atoms. The Balaban J connectivity index is 1.53. The van der Waals surface area contributed by atoms with E-state index in [-0.39, 0.29) is 11.4 Å². The Morgan fingerprint density at radius 2 is 2.12 bits per heavy atom. The number of aryl methyl sites for hydroxylation is 1. The van der Waals surface area contributed by atoms with Crippen LogP contribution in [0.5, 0.6) is 0 Å². The van der Waals surface area contributed by atoms with E-state index in [1.165, 1.54) is 6.42 Å². The first kappa shape index (κ1) is 15.9. The summed E-state index contributed by atoms with van der Waals surface area (Å²) in [4.78, 5) is 19.4. The normalized spacial score (nSPS) is 28.3. The summed E-state index contributed by atoms with van der Waals surface area (Å²) in [6.07, 6.45) is 3.44. The topological polar surface area (TPSA) is 45.2 Å². The van der Waals surface area contributed by atoms with Crippen molar-refractivity contribution in [2.75, 3.05) is 11.9 Å². The second-order valence-corrected chi connectivity index (χ2v) is 9.92. The third-order valence-electron chi connectivity index (χ3n) is 5.42. The Hall–Kier alpha value is -1.62. The van der Waals surface area contributed by atoms with Crippen molar-refractivity contribution >= 4 is 33.3 Å². The number of anilines is 1. The van der Waals surface area contributed by atoms with Gasteiger partial charge in [0.05, 0.1) is 15.2 Å². The highest BCUT2D eigenvalue weighted by molar-refractivity contribution is 7.18. The zero-order valence-electron chi connectivity index (χ0n) is 14.8. The van der Waals surface area contributed by atoms with Gasteiger partial charge in [-0.3, -0.25) is 0 Å². The first-order valence-corrected chi connectivity index (χ1v) is 9.50. The van der Waals surface area contributed by atoms with E-state index < -0.39 is 0 Å². The molecule has 2 heterocycles. The van der Waals surface area contributed by atoms with Crippen molar-refractivity contribution in [2.24, 2.45) is 10.8 Å². The Morgan fingerprint density at radius 3 is 2.92 bits per heavy atom. The number of urea groups is 1. The number of hydrogen-bond donors (Lipinski definition) is 1. The number of nitrogens with zero attached hydrogens (tertiary/aromatic N) is 2. The molecule has 2 amide bonds. The molecule has 1 aliphatic heterocycles. The van der Waals surface area contributed by atoms with Crippen LogP contribution in [0.25, 0.3) is 10.2 Å². The third-order valence-corrected chi connectivity index (χ3v) is 6.36. The third kappa shape index (κ3) is 2.79. The van der Waals surface area contributed by atoms with Crippen LogP contribution in [0.2, 0.25) is 0 Å². The molecule has 2 aliphatic rings. The zero-order valence-corrected chi connectivity index (χ0v) is 15.7. The molecule has 1 saturated heterocycles. The number of carbonyl (C=O) groups excluding carboxylic acids is 1. The molecular formula is C19H25N3OS. The summed E-state index contributed by atoms with van der Waals surface area (Å²) >= 11 is 1.66. The van der Waals surface area contributed by atoms with Crippen LogP contribution in [0.4, 0.5) is 10.5 Å². The summed E-state index contributed by atoms with van der Waals surface area (Å²) in [5.41, 5.74) is 2.46. The van der Waals surface area contributed by atoms with Gasteiger partial charge < -0.3 is 10.2 Å². The molecular weight excluding hydrogens is 318 g/mol. The summed E-state index contributed by atoms with van der Waals surface area (Å²) in [5.74, 6) is 0. The number of likely N-dealkylation sites (tertiary alicyclic amines) is 1. The second kappa shape index (κ2) is 5.19. The lowest BCUT2D eigenvalue weighted by Gasteiger charge is -2.39.